The predicted octanol–water partition coefficient (Wildman–Crippen LogP) is 3.57. The Hall–Kier alpha value is -0.480. The van der Waals surface area contributed by atoms with E-state index in [2.05, 4.69) is 4.90 Å². The third kappa shape index (κ3) is 2.96. The normalized spacial score (nSPS) is 27.7. The Bertz CT molecular complexity index is 585. The van der Waals surface area contributed by atoms with E-state index in [4.69, 9.17) is 34.8 Å². The number of piperazine rings is 1. The number of carbonyl (C=O) groups excluding carboxylic acids is 1. The molecule has 0 bridgehead atoms. The Balaban J connectivity index is 1.55. The van der Waals surface area contributed by atoms with Crippen molar-refractivity contribution in [2.75, 3.05) is 26.2 Å². The molecule has 22 heavy (non-hydrogen) atoms. The molecule has 0 N–H and O–H groups in total. The van der Waals surface area contributed by atoms with Crippen LogP contribution < -0.4 is 0 Å². The van der Waals surface area contributed by atoms with Crippen molar-refractivity contribution in [3.05, 3.63) is 34.9 Å². The lowest BCUT2D eigenvalue weighted by molar-refractivity contribution is -0.138. The standard InChI is InChI=1S/C16H19Cl3N2O/c1-15(11-16(15,18)19)14(22)21-8-6-20(7-9-21)10-12-4-2-3-5-13(12)17/h2-5H,6-11H2,1H3/t15-/m0/s1. The van der Waals surface area contributed by atoms with Gasteiger partial charge in [-0.2, -0.15) is 0 Å². The minimum Gasteiger partial charge on any atom is -0.340 e. The quantitative estimate of drug-likeness (QED) is 0.768. The van der Waals surface area contributed by atoms with Gasteiger partial charge in [-0.1, -0.05) is 29.8 Å². The van der Waals surface area contributed by atoms with Crippen molar-refractivity contribution >= 4 is 40.7 Å². The van der Waals surface area contributed by atoms with Crippen molar-refractivity contribution in [1.82, 2.24) is 9.80 Å². The SMILES string of the molecule is C[C@@]1(C(=O)N2CCN(Cc3ccccc3Cl)CC2)CC1(Cl)Cl. The topological polar surface area (TPSA) is 23.6 Å². The zero-order chi connectivity index (χ0) is 16.0. The molecule has 0 radical (unpaired) electrons. The molecule has 1 saturated heterocycles. The maximum atomic E-state index is 12.5. The summed E-state index contributed by atoms with van der Waals surface area (Å²) in [7, 11) is 0. The fourth-order valence-electron chi connectivity index (χ4n) is 2.96. The first kappa shape index (κ1) is 16.4. The van der Waals surface area contributed by atoms with Crippen LogP contribution in [0, 0.1) is 5.41 Å². The Labute approximate surface area is 146 Å². The van der Waals surface area contributed by atoms with Gasteiger partial charge in [-0.15, -0.1) is 23.2 Å². The Morgan fingerprint density at radius 2 is 1.77 bits per heavy atom. The van der Waals surface area contributed by atoms with E-state index in [-0.39, 0.29) is 5.91 Å². The Kier molecular flexibility index (Phi) is 4.36. The first-order chi connectivity index (χ1) is 10.3. The Morgan fingerprint density at radius 3 is 2.32 bits per heavy atom. The average molecular weight is 362 g/mol. The zero-order valence-electron chi connectivity index (χ0n) is 12.5. The van der Waals surface area contributed by atoms with Crippen LogP contribution in [-0.4, -0.2) is 46.2 Å². The fourth-order valence-corrected chi connectivity index (χ4v) is 3.85. The molecule has 1 aliphatic carbocycles. The van der Waals surface area contributed by atoms with E-state index in [0.29, 0.717) is 19.5 Å². The number of hydrogen-bond donors (Lipinski definition) is 0. The minimum atomic E-state index is -0.890. The van der Waals surface area contributed by atoms with Crippen LogP contribution in [0.4, 0.5) is 0 Å². The minimum absolute atomic E-state index is 0.0786. The maximum absolute atomic E-state index is 12.5. The Morgan fingerprint density at radius 1 is 1.18 bits per heavy atom. The molecular weight excluding hydrogens is 343 g/mol. The molecule has 1 heterocycles. The maximum Gasteiger partial charge on any atom is 0.231 e. The highest BCUT2D eigenvalue weighted by Crippen LogP contribution is 2.64. The summed E-state index contributed by atoms with van der Waals surface area (Å²) in [4.78, 5) is 16.7. The highest BCUT2D eigenvalue weighted by atomic mass is 35.5. The summed E-state index contributed by atoms with van der Waals surface area (Å²) in [5, 5.41) is 0.792. The van der Waals surface area contributed by atoms with Crippen molar-refractivity contribution in [3.63, 3.8) is 0 Å². The average Bonchev–Trinajstić information content (AvgIpc) is 3.01. The van der Waals surface area contributed by atoms with E-state index < -0.39 is 9.75 Å². The molecule has 1 aromatic rings. The number of carbonyl (C=O) groups is 1. The van der Waals surface area contributed by atoms with Gasteiger partial charge in [0.2, 0.25) is 5.91 Å². The second-order valence-corrected chi connectivity index (χ2v) is 8.26. The molecule has 1 saturated carbocycles. The molecule has 0 spiro atoms. The fraction of sp³-hybridized carbons (Fsp3) is 0.562. The second-order valence-electron chi connectivity index (χ2n) is 6.37. The summed E-state index contributed by atoms with van der Waals surface area (Å²) in [5.41, 5.74) is 0.514. The van der Waals surface area contributed by atoms with Crippen LogP contribution in [-0.2, 0) is 11.3 Å². The van der Waals surface area contributed by atoms with Gasteiger partial charge >= 0.3 is 0 Å². The molecule has 3 nitrogen and oxygen atoms in total. The summed E-state index contributed by atoms with van der Waals surface area (Å²) in [6.45, 7) is 5.76. The van der Waals surface area contributed by atoms with Crippen molar-refractivity contribution < 1.29 is 4.79 Å². The lowest BCUT2D eigenvalue weighted by Gasteiger charge is -2.36. The van der Waals surface area contributed by atoms with Crippen molar-refractivity contribution in [3.8, 4) is 0 Å². The number of hydrogen-bond acceptors (Lipinski definition) is 2. The van der Waals surface area contributed by atoms with E-state index in [1.807, 2.05) is 36.1 Å². The van der Waals surface area contributed by atoms with Crippen LogP contribution in [0.1, 0.15) is 18.9 Å². The molecule has 0 unspecified atom stereocenters. The number of rotatable bonds is 3. The van der Waals surface area contributed by atoms with Gasteiger partial charge in [0.25, 0.3) is 0 Å². The molecule has 1 amide bonds. The number of nitrogens with zero attached hydrogens (tertiary/aromatic N) is 2. The smallest absolute Gasteiger partial charge is 0.231 e. The van der Waals surface area contributed by atoms with Crippen LogP contribution >= 0.6 is 34.8 Å². The van der Waals surface area contributed by atoms with Gasteiger partial charge in [-0.05, 0) is 25.0 Å². The predicted molar refractivity (Wildman–Crippen MR) is 90.5 cm³/mol. The second kappa shape index (κ2) is 5.86. The number of benzene rings is 1. The summed E-state index contributed by atoms with van der Waals surface area (Å²) < 4.78 is -0.890. The molecule has 1 atom stereocenters. The molecular formula is C16H19Cl3N2O. The van der Waals surface area contributed by atoms with Crippen LogP contribution in [0.5, 0.6) is 0 Å². The van der Waals surface area contributed by atoms with E-state index in [9.17, 15) is 4.79 Å². The van der Waals surface area contributed by atoms with Crippen molar-refractivity contribution in [2.45, 2.75) is 24.2 Å². The molecule has 1 aliphatic heterocycles. The third-order valence-corrected chi connectivity index (χ3v) is 6.21. The van der Waals surface area contributed by atoms with Gasteiger partial charge < -0.3 is 4.90 Å². The van der Waals surface area contributed by atoms with Gasteiger partial charge in [0, 0.05) is 37.7 Å². The molecule has 0 aromatic heterocycles. The lowest BCUT2D eigenvalue weighted by atomic mass is 10.1. The van der Waals surface area contributed by atoms with Crippen LogP contribution in [0.15, 0.2) is 24.3 Å². The molecule has 3 rings (SSSR count). The largest absolute Gasteiger partial charge is 0.340 e. The summed E-state index contributed by atoms with van der Waals surface area (Å²) in [6, 6.07) is 7.88. The van der Waals surface area contributed by atoms with Crippen LogP contribution in [0.25, 0.3) is 0 Å². The van der Waals surface area contributed by atoms with Crippen LogP contribution in [0.2, 0.25) is 5.02 Å². The summed E-state index contributed by atoms with van der Waals surface area (Å²) in [6.07, 6.45) is 0.543. The molecule has 2 aliphatic rings. The molecule has 2 fully saturated rings. The van der Waals surface area contributed by atoms with Gasteiger partial charge in [-0.3, -0.25) is 9.69 Å². The van der Waals surface area contributed by atoms with Gasteiger partial charge in [0.1, 0.15) is 4.33 Å². The summed E-state index contributed by atoms with van der Waals surface area (Å²) >= 11 is 18.4. The van der Waals surface area contributed by atoms with Gasteiger partial charge in [0.05, 0.1) is 5.41 Å². The number of amides is 1. The van der Waals surface area contributed by atoms with E-state index in [1.54, 1.807) is 0 Å². The molecule has 1 aromatic carbocycles. The van der Waals surface area contributed by atoms with E-state index >= 15 is 0 Å². The lowest BCUT2D eigenvalue weighted by Crippen LogP contribution is -2.50. The monoisotopic (exact) mass is 360 g/mol. The van der Waals surface area contributed by atoms with Gasteiger partial charge in [-0.25, -0.2) is 0 Å². The number of halogens is 3. The zero-order valence-corrected chi connectivity index (χ0v) is 14.8. The first-order valence-corrected chi connectivity index (χ1v) is 8.60. The molecule has 6 heteroatoms. The highest BCUT2D eigenvalue weighted by molar-refractivity contribution is 6.53. The van der Waals surface area contributed by atoms with E-state index in [1.165, 1.54) is 0 Å². The van der Waals surface area contributed by atoms with Crippen molar-refractivity contribution in [2.24, 2.45) is 5.41 Å². The highest BCUT2D eigenvalue weighted by Gasteiger charge is 2.68. The van der Waals surface area contributed by atoms with Crippen LogP contribution in [0.3, 0.4) is 0 Å². The van der Waals surface area contributed by atoms with E-state index in [0.717, 1.165) is 30.2 Å². The number of alkyl halides is 2. The third-order valence-electron chi connectivity index (χ3n) is 4.74. The van der Waals surface area contributed by atoms with Crippen molar-refractivity contribution in [1.29, 1.82) is 0 Å². The summed E-state index contributed by atoms with van der Waals surface area (Å²) in [5.74, 6) is 0.0786. The van der Waals surface area contributed by atoms with Gasteiger partial charge in [0.15, 0.2) is 0 Å². The molecule has 120 valence electrons. The first-order valence-electron chi connectivity index (χ1n) is 7.46.